The average molecular weight is 243 g/mol. The summed E-state index contributed by atoms with van der Waals surface area (Å²) in [5.74, 6) is 0.528. The van der Waals surface area contributed by atoms with Crippen LogP contribution in [0, 0.1) is 5.92 Å². The molecule has 1 aliphatic heterocycles. The van der Waals surface area contributed by atoms with Crippen molar-refractivity contribution >= 4 is 0 Å². The molecule has 17 heavy (non-hydrogen) atoms. The van der Waals surface area contributed by atoms with Crippen molar-refractivity contribution in [2.24, 2.45) is 5.92 Å². The molecule has 0 aromatic heterocycles. The molecule has 0 aromatic carbocycles. The van der Waals surface area contributed by atoms with Gasteiger partial charge in [-0.05, 0) is 54.5 Å². The monoisotopic (exact) mass is 243 g/mol. The first-order valence-corrected chi connectivity index (χ1v) is 6.62. The third-order valence-electron chi connectivity index (χ3n) is 3.99. The van der Waals surface area contributed by atoms with Crippen LogP contribution < -0.4 is 5.32 Å². The van der Waals surface area contributed by atoms with Gasteiger partial charge in [-0.2, -0.15) is 0 Å². The van der Waals surface area contributed by atoms with Gasteiger partial charge in [0.2, 0.25) is 0 Å². The lowest BCUT2D eigenvalue weighted by Gasteiger charge is -2.34. The lowest BCUT2D eigenvalue weighted by Crippen LogP contribution is -2.44. The van der Waals surface area contributed by atoms with Crippen molar-refractivity contribution in [3.05, 3.63) is 0 Å². The van der Waals surface area contributed by atoms with E-state index >= 15 is 0 Å². The van der Waals surface area contributed by atoms with Gasteiger partial charge in [-0.25, -0.2) is 0 Å². The zero-order valence-electron chi connectivity index (χ0n) is 12.5. The second-order valence-corrected chi connectivity index (χ2v) is 6.45. The summed E-state index contributed by atoms with van der Waals surface area (Å²) in [5, 5.41) is 3.44. The molecule has 0 aliphatic carbocycles. The van der Waals surface area contributed by atoms with Gasteiger partial charge in [0.1, 0.15) is 0 Å². The van der Waals surface area contributed by atoms with Gasteiger partial charge < -0.3 is 14.8 Å². The first-order valence-electron chi connectivity index (χ1n) is 6.62. The van der Waals surface area contributed by atoms with Gasteiger partial charge >= 0.3 is 0 Å². The fourth-order valence-corrected chi connectivity index (χ4v) is 3.17. The van der Waals surface area contributed by atoms with E-state index in [-0.39, 0.29) is 17.3 Å². The van der Waals surface area contributed by atoms with Gasteiger partial charge in [-0.15, -0.1) is 0 Å². The first kappa shape index (κ1) is 14.9. The second-order valence-electron chi connectivity index (χ2n) is 6.45. The lowest BCUT2D eigenvalue weighted by molar-refractivity contribution is -0.0788. The maximum absolute atomic E-state index is 6.17. The Morgan fingerprint density at radius 2 is 1.94 bits per heavy atom. The van der Waals surface area contributed by atoms with Crippen molar-refractivity contribution in [2.45, 2.75) is 70.8 Å². The number of ether oxygens (including phenoxy) is 2. The molecule has 1 saturated heterocycles. The van der Waals surface area contributed by atoms with Gasteiger partial charge in [0.15, 0.2) is 0 Å². The number of hydrogen-bond donors (Lipinski definition) is 1. The van der Waals surface area contributed by atoms with Crippen LogP contribution in [0.25, 0.3) is 0 Å². The predicted molar refractivity (Wildman–Crippen MR) is 71.3 cm³/mol. The van der Waals surface area contributed by atoms with Crippen molar-refractivity contribution in [1.82, 2.24) is 5.32 Å². The van der Waals surface area contributed by atoms with E-state index in [2.05, 4.69) is 39.9 Å². The topological polar surface area (TPSA) is 30.5 Å². The third-order valence-corrected chi connectivity index (χ3v) is 3.99. The minimum absolute atomic E-state index is 0.0143. The molecule has 0 saturated carbocycles. The van der Waals surface area contributed by atoms with Crippen molar-refractivity contribution in [3.8, 4) is 0 Å². The molecular formula is C14H29NO2. The molecule has 3 heteroatoms. The summed E-state index contributed by atoms with van der Waals surface area (Å²) < 4.78 is 11.5. The van der Waals surface area contributed by atoms with E-state index in [0.29, 0.717) is 12.0 Å². The molecule has 1 heterocycles. The Kier molecular flexibility index (Phi) is 4.61. The quantitative estimate of drug-likeness (QED) is 0.805. The summed E-state index contributed by atoms with van der Waals surface area (Å²) in [5.41, 5.74) is -0.0792. The van der Waals surface area contributed by atoms with E-state index in [4.69, 9.17) is 9.47 Å². The van der Waals surface area contributed by atoms with Crippen molar-refractivity contribution in [2.75, 3.05) is 14.2 Å². The van der Waals surface area contributed by atoms with Gasteiger partial charge in [0.05, 0.1) is 17.3 Å². The Hall–Kier alpha value is -0.120. The molecule has 1 fully saturated rings. The van der Waals surface area contributed by atoms with Crippen molar-refractivity contribution in [1.29, 1.82) is 0 Å². The van der Waals surface area contributed by atoms with Crippen LogP contribution in [-0.2, 0) is 9.47 Å². The lowest BCUT2D eigenvalue weighted by atomic mass is 9.80. The summed E-state index contributed by atoms with van der Waals surface area (Å²) in [4.78, 5) is 0. The molecule has 102 valence electrons. The van der Waals surface area contributed by atoms with Crippen LogP contribution in [-0.4, -0.2) is 37.5 Å². The van der Waals surface area contributed by atoms with Crippen molar-refractivity contribution in [3.63, 3.8) is 0 Å². The van der Waals surface area contributed by atoms with Crippen LogP contribution in [0.1, 0.15) is 47.5 Å². The Labute approximate surface area is 106 Å². The van der Waals surface area contributed by atoms with Gasteiger partial charge in [-0.3, -0.25) is 0 Å². The minimum Gasteiger partial charge on any atom is -0.382 e. The molecule has 1 rings (SSSR count). The molecule has 0 aromatic rings. The molecule has 3 atom stereocenters. The van der Waals surface area contributed by atoms with Gasteiger partial charge in [0.25, 0.3) is 0 Å². The molecule has 0 bridgehead atoms. The Bertz CT molecular complexity index is 251. The number of hydrogen-bond acceptors (Lipinski definition) is 3. The molecule has 3 unspecified atom stereocenters. The maximum atomic E-state index is 6.17. The highest BCUT2D eigenvalue weighted by Crippen LogP contribution is 2.44. The van der Waals surface area contributed by atoms with Gasteiger partial charge in [-0.1, -0.05) is 0 Å². The Balaban J connectivity index is 2.75. The normalized spacial score (nSPS) is 30.2. The van der Waals surface area contributed by atoms with Crippen LogP contribution in [0.5, 0.6) is 0 Å². The molecule has 0 spiro atoms. The van der Waals surface area contributed by atoms with E-state index in [0.717, 1.165) is 12.8 Å². The molecule has 1 aliphatic rings. The standard InChI is InChI=1S/C14H29NO2/c1-10(16-7)8-12(15-6)11-9-13(2,3)17-14(11,4)5/h10-12,15H,8-9H2,1-7H3. The summed E-state index contributed by atoms with van der Waals surface area (Å²) in [6, 6.07) is 0.446. The zero-order chi connectivity index (χ0) is 13.3. The fourth-order valence-electron chi connectivity index (χ4n) is 3.17. The first-order chi connectivity index (χ1) is 7.72. The average Bonchev–Trinajstić information content (AvgIpc) is 2.42. The van der Waals surface area contributed by atoms with E-state index in [1.54, 1.807) is 7.11 Å². The van der Waals surface area contributed by atoms with E-state index < -0.39 is 0 Å². The third kappa shape index (κ3) is 3.67. The van der Waals surface area contributed by atoms with Crippen LogP contribution in [0.2, 0.25) is 0 Å². The molecular weight excluding hydrogens is 214 g/mol. The highest BCUT2D eigenvalue weighted by Gasteiger charge is 2.48. The van der Waals surface area contributed by atoms with Crippen LogP contribution >= 0.6 is 0 Å². The summed E-state index contributed by atoms with van der Waals surface area (Å²) >= 11 is 0. The van der Waals surface area contributed by atoms with Crippen LogP contribution in [0.3, 0.4) is 0 Å². The number of nitrogens with one attached hydrogen (secondary N) is 1. The van der Waals surface area contributed by atoms with Crippen LogP contribution in [0.15, 0.2) is 0 Å². The Morgan fingerprint density at radius 3 is 2.29 bits per heavy atom. The summed E-state index contributed by atoms with van der Waals surface area (Å²) in [7, 11) is 3.81. The van der Waals surface area contributed by atoms with Crippen molar-refractivity contribution < 1.29 is 9.47 Å². The highest BCUT2D eigenvalue weighted by molar-refractivity contribution is 4.99. The Morgan fingerprint density at radius 1 is 1.35 bits per heavy atom. The summed E-state index contributed by atoms with van der Waals surface area (Å²) in [6.45, 7) is 10.9. The largest absolute Gasteiger partial charge is 0.382 e. The zero-order valence-corrected chi connectivity index (χ0v) is 12.5. The molecule has 1 N–H and O–H groups in total. The number of methoxy groups -OCH3 is 1. The van der Waals surface area contributed by atoms with E-state index in [9.17, 15) is 0 Å². The molecule has 0 amide bonds. The fraction of sp³-hybridized carbons (Fsp3) is 1.00. The van der Waals surface area contributed by atoms with E-state index in [1.807, 2.05) is 7.05 Å². The summed E-state index contributed by atoms with van der Waals surface area (Å²) in [6.07, 6.45) is 2.41. The highest BCUT2D eigenvalue weighted by atomic mass is 16.5. The number of rotatable bonds is 5. The predicted octanol–water partition coefficient (Wildman–Crippen LogP) is 2.59. The van der Waals surface area contributed by atoms with Crippen LogP contribution in [0.4, 0.5) is 0 Å². The molecule has 3 nitrogen and oxygen atoms in total. The van der Waals surface area contributed by atoms with Gasteiger partial charge in [0, 0.05) is 19.1 Å². The van der Waals surface area contributed by atoms with E-state index in [1.165, 1.54) is 0 Å². The smallest absolute Gasteiger partial charge is 0.0677 e. The minimum atomic E-state index is -0.0648. The maximum Gasteiger partial charge on any atom is 0.0677 e. The SMILES string of the molecule is CNC(CC(C)OC)C1CC(C)(C)OC1(C)C. The molecule has 0 radical (unpaired) electrons. The second kappa shape index (κ2) is 5.25.